The lowest BCUT2D eigenvalue weighted by atomic mass is 9.65. The number of hydrogen-bond acceptors (Lipinski definition) is 5. The quantitative estimate of drug-likeness (QED) is 0.471. The highest BCUT2D eigenvalue weighted by Gasteiger charge is 2.79. The Hall–Kier alpha value is -2.45. The average Bonchev–Trinajstić information content (AvgIpc) is 3.46. The Bertz CT molecular complexity index is 1020. The van der Waals surface area contributed by atoms with E-state index in [9.17, 15) is 19.5 Å². The standard InChI is InChI=1S/C29H43N3O5/c1-7-18(3)20(17-33)32-23(25(35)31-27(4,5)6)29-15-14-28(8-2,37-29)21(22(29)26(32)36)24(34)30-16-19-12-10-9-11-13-19/h9-13,18,20-23,33H,7-8,14-17H2,1-6H3,(H,30,34)(H,31,35)/t18-,20-,21+,22-,23?,28-,29?/m0/s1. The molecule has 4 rings (SSSR count). The van der Waals surface area contributed by atoms with E-state index in [-0.39, 0.29) is 30.2 Å². The van der Waals surface area contributed by atoms with Gasteiger partial charge in [0.25, 0.3) is 0 Å². The van der Waals surface area contributed by atoms with Gasteiger partial charge in [0.1, 0.15) is 11.6 Å². The molecule has 2 bridgehead atoms. The van der Waals surface area contributed by atoms with E-state index in [0.717, 1.165) is 12.0 Å². The number of amides is 3. The Labute approximate surface area is 220 Å². The Morgan fingerprint density at radius 3 is 2.41 bits per heavy atom. The van der Waals surface area contributed by atoms with Crippen LogP contribution in [-0.4, -0.2) is 63.2 Å². The molecule has 1 spiro atoms. The third kappa shape index (κ3) is 4.56. The first kappa shape index (κ1) is 27.6. The first-order chi connectivity index (χ1) is 17.4. The van der Waals surface area contributed by atoms with Crippen LogP contribution < -0.4 is 10.6 Å². The van der Waals surface area contributed by atoms with Crippen molar-refractivity contribution < 1.29 is 24.2 Å². The number of fused-ring (bicyclic) bond motifs is 1. The second kappa shape index (κ2) is 10.0. The molecule has 3 aliphatic heterocycles. The van der Waals surface area contributed by atoms with Gasteiger partial charge in [-0.1, -0.05) is 57.5 Å². The highest BCUT2D eigenvalue weighted by molar-refractivity contribution is 5.99. The van der Waals surface area contributed by atoms with Gasteiger partial charge in [-0.25, -0.2) is 0 Å². The molecule has 3 heterocycles. The van der Waals surface area contributed by atoms with Crippen LogP contribution in [0.3, 0.4) is 0 Å². The van der Waals surface area contributed by atoms with Crippen molar-refractivity contribution in [3.63, 3.8) is 0 Å². The van der Waals surface area contributed by atoms with Crippen molar-refractivity contribution >= 4 is 17.7 Å². The number of hydrogen-bond donors (Lipinski definition) is 3. The van der Waals surface area contributed by atoms with Crippen molar-refractivity contribution in [1.82, 2.24) is 15.5 Å². The molecule has 3 amide bonds. The van der Waals surface area contributed by atoms with E-state index in [0.29, 0.717) is 25.8 Å². The summed E-state index contributed by atoms with van der Waals surface area (Å²) in [6.45, 7) is 11.8. The summed E-state index contributed by atoms with van der Waals surface area (Å²) in [6.07, 6.45) is 2.44. The van der Waals surface area contributed by atoms with Gasteiger partial charge in [0, 0.05) is 12.1 Å². The lowest BCUT2D eigenvalue weighted by molar-refractivity contribution is -0.153. The van der Waals surface area contributed by atoms with Gasteiger partial charge in [-0.05, 0) is 51.5 Å². The maximum atomic E-state index is 14.3. The van der Waals surface area contributed by atoms with Crippen molar-refractivity contribution in [2.45, 2.75) is 103 Å². The molecule has 2 unspecified atom stereocenters. The van der Waals surface area contributed by atoms with Gasteiger partial charge in [0.05, 0.1) is 30.1 Å². The monoisotopic (exact) mass is 513 g/mol. The Morgan fingerprint density at radius 1 is 1.16 bits per heavy atom. The molecule has 7 atom stereocenters. The van der Waals surface area contributed by atoms with E-state index in [2.05, 4.69) is 10.6 Å². The summed E-state index contributed by atoms with van der Waals surface area (Å²) in [7, 11) is 0. The highest BCUT2D eigenvalue weighted by Crippen LogP contribution is 2.64. The molecule has 3 fully saturated rings. The molecule has 3 aliphatic rings. The SMILES string of the molecule is CC[C@H](C)[C@H](CO)N1C(=O)[C@@H]2[C@H](C(=O)NCc3ccccc3)[C@]3(CC)CCC2(O3)C1C(=O)NC(C)(C)C. The van der Waals surface area contributed by atoms with Crippen LogP contribution in [-0.2, 0) is 25.7 Å². The Morgan fingerprint density at radius 2 is 1.84 bits per heavy atom. The molecule has 8 nitrogen and oxygen atoms in total. The molecule has 37 heavy (non-hydrogen) atoms. The van der Waals surface area contributed by atoms with Crippen LogP contribution in [0.5, 0.6) is 0 Å². The normalized spacial score (nSPS) is 32.2. The third-order valence-electron chi connectivity index (χ3n) is 8.80. The smallest absolute Gasteiger partial charge is 0.246 e. The van der Waals surface area contributed by atoms with Crippen molar-refractivity contribution in [1.29, 1.82) is 0 Å². The number of rotatable bonds is 9. The van der Waals surface area contributed by atoms with Crippen LogP contribution in [0.15, 0.2) is 30.3 Å². The summed E-state index contributed by atoms with van der Waals surface area (Å²) in [6, 6.07) is 8.21. The molecule has 3 N–H and O–H groups in total. The Kier molecular flexibility index (Phi) is 7.47. The number of likely N-dealkylation sites (tertiary alicyclic amines) is 1. The second-order valence-electron chi connectivity index (χ2n) is 12.2. The largest absolute Gasteiger partial charge is 0.394 e. The van der Waals surface area contributed by atoms with Gasteiger partial charge in [-0.15, -0.1) is 0 Å². The van der Waals surface area contributed by atoms with Crippen molar-refractivity contribution in [3.8, 4) is 0 Å². The fourth-order valence-electron chi connectivity index (χ4n) is 6.86. The van der Waals surface area contributed by atoms with Gasteiger partial charge < -0.3 is 25.4 Å². The first-order valence-electron chi connectivity index (χ1n) is 13.7. The number of carbonyl (C=O) groups is 3. The van der Waals surface area contributed by atoms with Crippen LogP contribution in [0.25, 0.3) is 0 Å². The molecular weight excluding hydrogens is 470 g/mol. The average molecular weight is 514 g/mol. The minimum Gasteiger partial charge on any atom is -0.394 e. The summed E-state index contributed by atoms with van der Waals surface area (Å²) in [5.41, 5.74) is -1.44. The third-order valence-corrected chi connectivity index (χ3v) is 8.80. The summed E-state index contributed by atoms with van der Waals surface area (Å²) < 4.78 is 6.80. The number of nitrogens with zero attached hydrogens (tertiary/aromatic N) is 1. The number of aliphatic hydroxyl groups excluding tert-OH is 1. The van der Waals surface area contributed by atoms with Gasteiger partial charge in [-0.2, -0.15) is 0 Å². The molecule has 204 valence electrons. The van der Waals surface area contributed by atoms with Crippen LogP contribution in [0.1, 0.15) is 72.8 Å². The minimum absolute atomic E-state index is 0.0307. The predicted molar refractivity (Wildman–Crippen MR) is 140 cm³/mol. The van der Waals surface area contributed by atoms with Crippen LogP contribution >= 0.6 is 0 Å². The fraction of sp³-hybridized carbons (Fsp3) is 0.690. The van der Waals surface area contributed by atoms with Crippen LogP contribution in [0.2, 0.25) is 0 Å². The maximum absolute atomic E-state index is 14.3. The van der Waals surface area contributed by atoms with Gasteiger partial charge in [0.15, 0.2) is 0 Å². The zero-order chi connectivity index (χ0) is 27.2. The molecule has 0 radical (unpaired) electrons. The molecule has 8 heteroatoms. The van der Waals surface area contributed by atoms with Crippen LogP contribution in [0, 0.1) is 17.8 Å². The lowest BCUT2D eigenvalue weighted by Crippen LogP contribution is -2.61. The maximum Gasteiger partial charge on any atom is 0.246 e. The zero-order valence-electron chi connectivity index (χ0n) is 23.0. The molecule has 0 aromatic heterocycles. The molecule has 0 aliphatic carbocycles. The number of aliphatic hydroxyl groups is 1. The van der Waals surface area contributed by atoms with Crippen molar-refractivity contribution in [2.24, 2.45) is 17.8 Å². The van der Waals surface area contributed by atoms with E-state index < -0.39 is 40.7 Å². The minimum atomic E-state index is -1.10. The van der Waals surface area contributed by atoms with E-state index >= 15 is 0 Å². The number of ether oxygens (including phenoxy) is 1. The van der Waals surface area contributed by atoms with E-state index in [1.807, 2.05) is 71.9 Å². The number of carbonyl (C=O) groups excluding carboxylic acids is 3. The topological polar surface area (TPSA) is 108 Å². The van der Waals surface area contributed by atoms with E-state index in [1.54, 1.807) is 4.90 Å². The van der Waals surface area contributed by atoms with Crippen molar-refractivity contribution in [3.05, 3.63) is 35.9 Å². The fourth-order valence-corrected chi connectivity index (χ4v) is 6.86. The van der Waals surface area contributed by atoms with Gasteiger partial charge in [0.2, 0.25) is 17.7 Å². The Balaban J connectivity index is 1.75. The summed E-state index contributed by atoms with van der Waals surface area (Å²) >= 11 is 0. The molecule has 1 aromatic carbocycles. The van der Waals surface area contributed by atoms with Crippen molar-refractivity contribution in [2.75, 3.05) is 6.61 Å². The highest BCUT2D eigenvalue weighted by atomic mass is 16.5. The van der Waals surface area contributed by atoms with E-state index in [1.165, 1.54) is 0 Å². The lowest BCUT2D eigenvalue weighted by Gasteiger charge is -2.40. The molecule has 3 saturated heterocycles. The zero-order valence-corrected chi connectivity index (χ0v) is 23.0. The van der Waals surface area contributed by atoms with Crippen LogP contribution in [0.4, 0.5) is 0 Å². The summed E-state index contributed by atoms with van der Waals surface area (Å²) in [5, 5.41) is 16.5. The van der Waals surface area contributed by atoms with E-state index in [4.69, 9.17) is 4.74 Å². The predicted octanol–water partition coefficient (Wildman–Crippen LogP) is 2.78. The van der Waals surface area contributed by atoms with Gasteiger partial charge >= 0.3 is 0 Å². The molecular formula is C29H43N3O5. The number of nitrogens with one attached hydrogen (secondary N) is 2. The number of benzene rings is 1. The summed E-state index contributed by atoms with van der Waals surface area (Å²) in [4.78, 5) is 43.5. The van der Waals surface area contributed by atoms with Gasteiger partial charge in [-0.3, -0.25) is 14.4 Å². The second-order valence-corrected chi connectivity index (χ2v) is 12.2. The molecule has 1 aromatic rings. The molecule has 0 saturated carbocycles. The summed E-state index contributed by atoms with van der Waals surface area (Å²) in [5.74, 6) is -2.27. The first-order valence-corrected chi connectivity index (χ1v) is 13.7.